The molecule has 0 bridgehead atoms. The highest BCUT2D eigenvalue weighted by molar-refractivity contribution is 7.98. The number of anilines is 1. The number of rotatable bonds is 58. The van der Waals surface area contributed by atoms with Gasteiger partial charge in [-0.25, -0.2) is 0 Å². The molecular weight excluding hydrogens is 1660 g/mol. The zero-order chi connectivity index (χ0) is 93.2. The summed E-state index contributed by atoms with van der Waals surface area (Å²) in [6.45, 7) is 19.8. The Kier molecular flexibility index (Phi) is 42.4. The van der Waals surface area contributed by atoms with Gasteiger partial charge >= 0.3 is 29.8 Å². The number of amides is 7. The molecule has 0 spiro atoms. The quantitative estimate of drug-likeness (QED) is 0.0129. The van der Waals surface area contributed by atoms with Crippen molar-refractivity contribution < 1.29 is 125 Å². The van der Waals surface area contributed by atoms with Gasteiger partial charge in [-0.3, -0.25) is 81.3 Å². The maximum absolute atomic E-state index is 14.4. The molecule has 7 amide bonds. The van der Waals surface area contributed by atoms with Crippen LogP contribution < -0.4 is 36.8 Å². The maximum Gasteiger partial charge on any atom is 0.303 e. The van der Waals surface area contributed by atoms with Gasteiger partial charge in [-0.15, -0.1) is 0 Å². The molecule has 3 aliphatic heterocycles. The van der Waals surface area contributed by atoms with Gasteiger partial charge in [-0.05, 0) is 154 Å². The van der Waals surface area contributed by atoms with Crippen molar-refractivity contribution in [2.24, 2.45) is 23.7 Å². The van der Waals surface area contributed by atoms with E-state index in [0.29, 0.717) is 42.8 Å². The molecule has 3 heterocycles. The Morgan fingerprint density at radius 2 is 1.14 bits per heavy atom. The number of thioether (sulfide) groups is 1. The van der Waals surface area contributed by atoms with E-state index in [2.05, 4.69) is 88.8 Å². The Balaban J connectivity index is 1.22. The van der Waals surface area contributed by atoms with E-state index >= 15 is 0 Å². The van der Waals surface area contributed by atoms with Crippen LogP contribution in [0.5, 0.6) is 0 Å². The van der Waals surface area contributed by atoms with E-state index in [1.807, 2.05) is 68.7 Å². The van der Waals surface area contributed by atoms with Crippen molar-refractivity contribution in [3.05, 3.63) is 101 Å². The molecule has 0 radical (unpaired) electrons. The van der Waals surface area contributed by atoms with Gasteiger partial charge in [0.05, 0.1) is 40.9 Å². The number of unbranched alkanes of at least 4 members (excludes halogenated alkanes) is 2. The SMILES string of the molecule is CCN1C(=CC=CC=CC=CC2=[N+](CCCCCC(=O)N[C@H](CCC(=O)O)C(=O)C[C@H](CCC(=O)O)C(=O)N[C@H](CCC(=O)O)C(=O)C[C@H](CCC(=O)O)C(=O)N[C@H](CCC(=O)O)C(=O)CCCOCC(=O)N3CCC[C@H]3C(=O)N[C@@H](CC(C)C)C(=O)NCC(=O)C[C@@H](CSC)C(=O)NC(C)C)c3ccc(S(=O)(=O)O)cc3C2(C)C)C(C)(C)c2cc(C)ccc21. The van der Waals surface area contributed by atoms with Gasteiger partial charge < -0.3 is 72.0 Å². The minimum absolute atomic E-state index is 0.0959. The first-order valence-electron chi connectivity index (χ1n) is 42.5. The largest absolute Gasteiger partial charge is 0.481 e. The molecule has 34 nitrogen and oxygen atoms in total. The predicted molar refractivity (Wildman–Crippen MR) is 466 cm³/mol. The Bertz CT molecular complexity index is 4530. The van der Waals surface area contributed by atoms with Crippen molar-refractivity contribution in [1.82, 2.24) is 36.8 Å². The van der Waals surface area contributed by atoms with Gasteiger partial charge in [0.1, 0.15) is 25.2 Å². The Morgan fingerprint density at radius 1 is 0.592 bits per heavy atom. The number of carboxylic acids is 5. The van der Waals surface area contributed by atoms with Crippen LogP contribution in [0, 0.1) is 30.6 Å². The number of nitrogens with one attached hydrogen (secondary N) is 6. The highest BCUT2D eigenvalue weighted by Crippen LogP contribution is 2.48. The molecule has 36 heteroatoms. The van der Waals surface area contributed by atoms with E-state index in [-0.39, 0.29) is 98.6 Å². The lowest BCUT2D eigenvalue weighted by atomic mass is 9.81. The molecule has 125 heavy (non-hydrogen) atoms. The first-order valence-corrected chi connectivity index (χ1v) is 45.4. The molecule has 0 aliphatic carbocycles. The summed E-state index contributed by atoms with van der Waals surface area (Å²) in [6.07, 6.45) is 8.32. The normalized spacial score (nSPS) is 16.7. The Hall–Kier alpha value is -10.6. The van der Waals surface area contributed by atoms with Crippen molar-refractivity contribution in [3.63, 3.8) is 0 Å². The third kappa shape index (κ3) is 33.7. The second-order valence-electron chi connectivity index (χ2n) is 33.7. The van der Waals surface area contributed by atoms with Crippen molar-refractivity contribution in [3.8, 4) is 0 Å². The number of ether oxygens (including phenoxy) is 1. The van der Waals surface area contributed by atoms with Crippen LogP contribution in [0.3, 0.4) is 0 Å². The van der Waals surface area contributed by atoms with Gasteiger partial charge in [0.25, 0.3) is 10.1 Å². The summed E-state index contributed by atoms with van der Waals surface area (Å²) in [6, 6.07) is 3.68. The third-order valence-electron chi connectivity index (χ3n) is 22.1. The second-order valence-corrected chi connectivity index (χ2v) is 36.0. The number of carboxylic acid groups (broad SMARTS) is 5. The second kappa shape index (κ2) is 50.5. The van der Waals surface area contributed by atoms with Crippen LogP contribution in [-0.4, -0.2) is 236 Å². The number of hydrogen-bond acceptors (Lipinski definition) is 21. The molecule has 1 saturated heterocycles. The molecule has 5 rings (SSSR count). The van der Waals surface area contributed by atoms with E-state index in [4.69, 9.17) is 4.74 Å². The molecule has 1 fully saturated rings. The number of fused-ring (bicyclic) bond motifs is 2. The van der Waals surface area contributed by atoms with Gasteiger partial charge in [0, 0.05) is 148 Å². The van der Waals surface area contributed by atoms with Gasteiger partial charge in [0.15, 0.2) is 28.8 Å². The molecule has 2 aromatic rings. The topological polar surface area (TPSA) is 520 Å². The Labute approximate surface area is 734 Å². The number of ketones is 4. The number of carbonyl (C=O) groups is 16. The molecule has 0 saturated carbocycles. The monoisotopic (exact) mass is 1780 g/mol. The molecule has 3 aliphatic rings. The van der Waals surface area contributed by atoms with Crippen LogP contribution in [-0.2, 0) is 102 Å². The fourth-order valence-electron chi connectivity index (χ4n) is 15.6. The summed E-state index contributed by atoms with van der Waals surface area (Å²) in [7, 11) is -4.58. The highest BCUT2D eigenvalue weighted by atomic mass is 32.2. The number of aryl methyl sites for hydroxylation is 1. The van der Waals surface area contributed by atoms with Crippen molar-refractivity contribution in [1.29, 1.82) is 0 Å². The number of benzene rings is 2. The average molecular weight is 1790 g/mol. The highest BCUT2D eigenvalue weighted by Gasteiger charge is 2.46. The number of carbonyl (C=O) groups excluding carboxylic acids is 11. The summed E-state index contributed by atoms with van der Waals surface area (Å²) in [5.74, 6) is -18.9. The summed E-state index contributed by atoms with van der Waals surface area (Å²) in [4.78, 5) is 214. The average Bonchev–Trinajstić information content (AvgIpc) is 1.59. The van der Waals surface area contributed by atoms with Gasteiger partial charge in [0.2, 0.25) is 47.0 Å². The predicted octanol–water partition coefficient (Wildman–Crippen LogP) is 7.94. The molecule has 0 aromatic heterocycles. The van der Waals surface area contributed by atoms with E-state index in [0.717, 1.165) is 18.0 Å². The molecular formula is C89H126N9O25S2+. The first-order chi connectivity index (χ1) is 58.8. The number of allylic oxidation sites excluding steroid dienone is 8. The fraction of sp³-hybridized carbons (Fsp3) is 0.584. The lowest BCUT2D eigenvalue weighted by molar-refractivity contribution is -0.438. The van der Waals surface area contributed by atoms with E-state index in [1.54, 1.807) is 26.2 Å². The molecule has 2 aromatic carbocycles. The smallest absolute Gasteiger partial charge is 0.303 e. The summed E-state index contributed by atoms with van der Waals surface area (Å²) < 4.78 is 42.4. The van der Waals surface area contributed by atoms with Crippen molar-refractivity contribution >= 4 is 133 Å². The summed E-state index contributed by atoms with van der Waals surface area (Å²) in [5, 5.41) is 64.1. The zero-order valence-corrected chi connectivity index (χ0v) is 75.0. The van der Waals surface area contributed by atoms with Crippen LogP contribution in [0.2, 0.25) is 0 Å². The Morgan fingerprint density at radius 3 is 1.70 bits per heavy atom. The van der Waals surface area contributed by atoms with Crippen molar-refractivity contribution in [2.75, 3.05) is 56.3 Å². The zero-order valence-electron chi connectivity index (χ0n) is 73.4. The van der Waals surface area contributed by atoms with E-state index in [9.17, 15) is 115 Å². The van der Waals surface area contributed by atoms with Crippen LogP contribution >= 0.6 is 11.8 Å². The first kappa shape index (κ1) is 105. The number of hydrogen-bond donors (Lipinski definition) is 12. The number of Topliss-reactive ketones (excluding diaryl/α,β-unsaturated/α-hetero) is 4. The maximum atomic E-state index is 14.4. The fourth-order valence-corrected chi connectivity index (χ4v) is 16.8. The number of nitrogens with zero attached hydrogens (tertiary/aromatic N) is 3. The van der Waals surface area contributed by atoms with Crippen LogP contribution in [0.25, 0.3) is 0 Å². The van der Waals surface area contributed by atoms with Gasteiger partial charge in [-0.2, -0.15) is 24.8 Å². The van der Waals surface area contributed by atoms with Crippen LogP contribution in [0.4, 0.5) is 11.4 Å². The minimum atomic E-state index is -4.58. The number of aliphatic carboxylic acids is 5. The summed E-state index contributed by atoms with van der Waals surface area (Å²) in [5.41, 5.74) is 5.90. The lowest BCUT2D eigenvalue weighted by Gasteiger charge is -2.27. The summed E-state index contributed by atoms with van der Waals surface area (Å²) >= 11 is 1.40. The van der Waals surface area contributed by atoms with Crippen LogP contribution in [0.1, 0.15) is 220 Å². The molecule has 0 unspecified atom stereocenters. The standard InChI is InChI=1S/C89H125N9O25S2/c1-12-96-68-35-28-56(6)46-62(68)88(7,8)74(96)25-17-14-13-15-18-26-75-89(9,10)63-50-61(125(120,121)122)31-36-69(63)97(75)42-20-16-19-27-76(103)92-65(33-40-81(111)112)72(101)48-57(29-37-78(105)106)84(116)94-66(34-41-82(113)114)73(102)49-58(30-38-79(107)108)83(115)93-64(32-39-80(109)110)71(100)24-22-44-123-52-77(104)98-43-21-23-70(98)87(119)95-67(45-54(2)3)86(118)90-51-60(99)47-59(53-124-11)85(117)91-55(4)5/h13-15,17-18,25-26,28,31,35-36,46,50,54-55,57-59,64-67,70H,12,16,19-24,27,29-30,32-34,37-45,47-49,51-53H2,1-11H3,(H11-,90,91,92,93,94,95,103,105,106,107,108,109,110,111,112,113,114,115,116,117,118,119,120,121,122)/p+1/t57-,58-,59-,64+,65+,66+,67-,70-/m0/s1. The number of likely N-dealkylation sites (N-methyl/N-ethyl adjacent to an activating group) is 1. The lowest BCUT2D eigenvalue weighted by Crippen LogP contribution is -2.54. The molecule has 688 valence electrons. The minimum Gasteiger partial charge on any atom is -0.481 e. The van der Waals surface area contributed by atoms with Gasteiger partial charge in [-0.1, -0.05) is 75.8 Å². The third-order valence-corrected chi connectivity index (χ3v) is 23.7. The van der Waals surface area contributed by atoms with E-state index in [1.165, 1.54) is 45.6 Å². The molecule has 8 atom stereocenters. The van der Waals surface area contributed by atoms with Crippen molar-refractivity contribution in [2.45, 2.75) is 262 Å². The van der Waals surface area contributed by atoms with E-state index < -0.39 is 230 Å². The molecule has 12 N–H and O–H groups in total. The number of likely N-dealkylation sites (tertiary alicyclic amines) is 1. The van der Waals surface area contributed by atoms with Crippen LogP contribution in [0.15, 0.2) is 89.5 Å².